The molecular weight excluding hydrogens is 286 g/mol. The summed E-state index contributed by atoms with van der Waals surface area (Å²) in [4.78, 5) is 25.6. The SMILES string of the molecule is CC[C@@H]1C(=O)N(Cc2ccc(OC)cc2OC)[C@H]1C(=O)OC. The van der Waals surface area contributed by atoms with Crippen molar-refractivity contribution in [1.82, 2.24) is 4.90 Å². The maximum Gasteiger partial charge on any atom is 0.329 e. The Balaban J connectivity index is 2.22. The molecule has 0 saturated carbocycles. The third kappa shape index (κ3) is 2.73. The van der Waals surface area contributed by atoms with Gasteiger partial charge in [0.1, 0.15) is 17.5 Å². The Morgan fingerprint density at radius 3 is 2.50 bits per heavy atom. The van der Waals surface area contributed by atoms with Gasteiger partial charge in [-0.1, -0.05) is 6.92 Å². The number of esters is 1. The molecule has 0 bridgehead atoms. The number of amides is 1. The summed E-state index contributed by atoms with van der Waals surface area (Å²) in [6.45, 7) is 2.20. The molecule has 2 atom stereocenters. The van der Waals surface area contributed by atoms with Crippen molar-refractivity contribution in [2.45, 2.75) is 25.9 Å². The van der Waals surface area contributed by atoms with Crippen LogP contribution in [0.15, 0.2) is 18.2 Å². The molecule has 0 aliphatic carbocycles. The molecule has 1 heterocycles. The molecule has 22 heavy (non-hydrogen) atoms. The number of β-lactam (4-membered cyclic amide) rings is 1. The molecule has 1 aliphatic heterocycles. The molecule has 1 aliphatic rings. The molecule has 0 unspecified atom stereocenters. The fraction of sp³-hybridized carbons (Fsp3) is 0.500. The second-order valence-electron chi connectivity index (χ2n) is 5.13. The van der Waals surface area contributed by atoms with E-state index in [-0.39, 0.29) is 17.8 Å². The lowest BCUT2D eigenvalue weighted by atomic mass is 9.84. The van der Waals surface area contributed by atoms with Crippen LogP contribution in [0.25, 0.3) is 0 Å². The number of carbonyl (C=O) groups is 2. The van der Waals surface area contributed by atoms with Crippen LogP contribution in [-0.4, -0.2) is 44.1 Å². The highest BCUT2D eigenvalue weighted by atomic mass is 16.5. The molecule has 1 aromatic rings. The topological polar surface area (TPSA) is 65.1 Å². The van der Waals surface area contributed by atoms with Crippen LogP contribution < -0.4 is 9.47 Å². The highest BCUT2D eigenvalue weighted by Gasteiger charge is 2.50. The van der Waals surface area contributed by atoms with E-state index >= 15 is 0 Å². The van der Waals surface area contributed by atoms with Crippen molar-refractivity contribution in [3.8, 4) is 11.5 Å². The molecule has 1 amide bonds. The van der Waals surface area contributed by atoms with Crippen LogP contribution in [0.3, 0.4) is 0 Å². The summed E-state index contributed by atoms with van der Waals surface area (Å²) in [5, 5.41) is 0. The molecule has 6 heteroatoms. The van der Waals surface area contributed by atoms with Gasteiger partial charge in [-0.25, -0.2) is 4.79 Å². The van der Waals surface area contributed by atoms with E-state index < -0.39 is 6.04 Å². The predicted molar refractivity (Wildman–Crippen MR) is 79.7 cm³/mol. The van der Waals surface area contributed by atoms with Gasteiger partial charge in [-0.3, -0.25) is 4.79 Å². The maximum absolute atomic E-state index is 12.2. The molecule has 0 radical (unpaired) electrons. The average Bonchev–Trinajstić information content (AvgIpc) is 2.56. The summed E-state index contributed by atoms with van der Waals surface area (Å²) in [7, 11) is 4.47. The fourth-order valence-electron chi connectivity index (χ4n) is 2.77. The van der Waals surface area contributed by atoms with Crippen LogP contribution >= 0.6 is 0 Å². The van der Waals surface area contributed by atoms with Gasteiger partial charge in [0, 0.05) is 11.6 Å². The van der Waals surface area contributed by atoms with E-state index in [9.17, 15) is 9.59 Å². The minimum absolute atomic E-state index is 0.0317. The molecule has 120 valence electrons. The Hall–Kier alpha value is -2.24. The predicted octanol–water partition coefficient (Wildman–Crippen LogP) is 1.61. The van der Waals surface area contributed by atoms with Gasteiger partial charge in [-0.2, -0.15) is 0 Å². The fourth-order valence-corrected chi connectivity index (χ4v) is 2.77. The molecule has 2 rings (SSSR count). The lowest BCUT2D eigenvalue weighted by Gasteiger charge is -2.45. The Bertz CT molecular complexity index is 572. The van der Waals surface area contributed by atoms with Crippen molar-refractivity contribution in [3.05, 3.63) is 23.8 Å². The van der Waals surface area contributed by atoms with Gasteiger partial charge in [0.25, 0.3) is 0 Å². The zero-order chi connectivity index (χ0) is 16.3. The zero-order valence-corrected chi connectivity index (χ0v) is 13.3. The largest absolute Gasteiger partial charge is 0.497 e. The Kier molecular flexibility index (Phi) is 4.90. The molecule has 1 aromatic carbocycles. The zero-order valence-electron chi connectivity index (χ0n) is 13.3. The number of nitrogens with zero attached hydrogens (tertiary/aromatic N) is 1. The molecular formula is C16H21NO5. The van der Waals surface area contributed by atoms with Crippen molar-refractivity contribution in [2.75, 3.05) is 21.3 Å². The van der Waals surface area contributed by atoms with Crippen LogP contribution in [0, 0.1) is 5.92 Å². The van der Waals surface area contributed by atoms with Gasteiger partial charge < -0.3 is 19.1 Å². The summed E-state index contributed by atoms with van der Waals surface area (Å²) in [5.74, 6) is 0.591. The van der Waals surface area contributed by atoms with E-state index in [2.05, 4.69) is 0 Å². The summed E-state index contributed by atoms with van der Waals surface area (Å²) in [5.41, 5.74) is 0.820. The first-order chi connectivity index (χ1) is 10.6. The molecule has 0 spiro atoms. The number of rotatable bonds is 6. The summed E-state index contributed by atoms with van der Waals surface area (Å²) >= 11 is 0. The number of methoxy groups -OCH3 is 3. The first-order valence-corrected chi connectivity index (χ1v) is 7.16. The number of carbonyl (C=O) groups excluding carboxylic acids is 2. The quantitative estimate of drug-likeness (QED) is 0.590. The van der Waals surface area contributed by atoms with Crippen LogP contribution in [0.5, 0.6) is 11.5 Å². The van der Waals surface area contributed by atoms with Crippen LogP contribution in [0.2, 0.25) is 0 Å². The highest BCUT2D eigenvalue weighted by molar-refractivity contribution is 5.97. The molecule has 0 aromatic heterocycles. The number of ether oxygens (including phenoxy) is 3. The summed E-state index contributed by atoms with van der Waals surface area (Å²) in [6.07, 6.45) is 0.620. The van der Waals surface area contributed by atoms with Crippen molar-refractivity contribution in [3.63, 3.8) is 0 Å². The average molecular weight is 307 g/mol. The lowest BCUT2D eigenvalue weighted by Crippen LogP contribution is -2.63. The minimum atomic E-state index is -0.519. The van der Waals surface area contributed by atoms with Gasteiger partial charge in [0.15, 0.2) is 0 Å². The van der Waals surface area contributed by atoms with Crippen molar-refractivity contribution >= 4 is 11.9 Å². The smallest absolute Gasteiger partial charge is 0.329 e. The number of hydrogen-bond acceptors (Lipinski definition) is 5. The third-order valence-corrected chi connectivity index (χ3v) is 4.03. The van der Waals surface area contributed by atoms with Crippen molar-refractivity contribution in [1.29, 1.82) is 0 Å². The Labute approximate surface area is 129 Å². The number of benzene rings is 1. The molecule has 1 fully saturated rings. The minimum Gasteiger partial charge on any atom is -0.497 e. The standard InChI is InChI=1S/C16H21NO5/c1-5-12-14(16(19)22-4)17(15(12)18)9-10-6-7-11(20-2)8-13(10)21-3/h6-8,12,14H,5,9H2,1-4H3/t12-,14+/m0/s1. The van der Waals surface area contributed by atoms with Gasteiger partial charge >= 0.3 is 5.97 Å². The van der Waals surface area contributed by atoms with Gasteiger partial charge in [0.05, 0.1) is 33.8 Å². The van der Waals surface area contributed by atoms with Gasteiger partial charge in [-0.05, 0) is 18.6 Å². The molecule has 1 saturated heterocycles. The van der Waals surface area contributed by atoms with E-state index in [1.54, 1.807) is 26.4 Å². The second kappa shape index (κ2) is 6.68. The van der Waals surface area contributed by atoms with Gasteiger partial charge in [0.2, 0.25) is 5.91 Å². The first-order valence-electron chi connectivity index (χ1n) is 7.16. The van der Waals surface area contributed by atoms with Crippen molar-refractivity contribution in [2.24, 2.45) is 5.92 Å². The molecule has 6 nitrogen and oxygen atoms in total. The van der Waals surface area contributed by atoms with E-state index in [4.69, 9.17) is 14.2 Å². The normalized spacial score (nSPS) is 20.4. The second-order valence-corrected chi connectivity index (χ2v) is 5.13. The first kappa shape index (κ1) is 16.1. The van der Waals surface area contributed by atoms with Crippen LogP contribution in [-0.2, 0) is 20.9 Å². The molecule has 0 N–H and O–H groups in total. The van der Waals surface area contributed by atoms with Crippen LogP contribution in [0.1, 0.15) is 18.9 Å². The Morgan fingerprint density at radius 2 is 1.95 bits per heavy atom. The van der Waals surface area contributed by atoms with E-state index in [0.29, 0.717) is 24.5 Å². The monoisotopic (exact) mass is 307 g/mol. The summed E-state index contributed by atoms with van der Waals surface area (Å²) < 4.78 is 15.3. The van der Waals surface area contributed by atoms with Crippen LogP contribution in [0.4, 0.5) is 0 Å². The van der Waals surface area contributed by atoms with E-state index in [1.165, 1.54) is 12.0 Å². The third-order valence-electron chi connectivity index (χ3n) is 4.03. The number of likely N-dealkylation sites (tertiary alicyclic amines) is 1. The van der Waals surface area contributed by atoms with Gasteiger partial charge in [-0.15, -0.1) is 0 Å². The lowest BCUT2D eigenvalue weighted by molar-refractivity contribution is -0.174. The summed E-state index contributed by atoms with van der Waals surface area (Å²) in [6, 6.07) is 4.86. The Morgan fingerprint density at radius 1 is 1.23 bits per heavy atom. The maximum atomic E-state index is 12.2. The van der Waals surface area contributed by atoms with Crippen molar-refractivity contribution < 1.29 is 23.8 Å². The number of hydrogen-bond donors (Lipinski definition) is 0. The van der Waals surface area contributed by atoms with E-state index in [0.717, 1.165) is 5.56 Å². The highest BCUT2D eigenvalue weighted by Crippen LogP contribution is 2.34. The van der Waals surface area contributed by atoms with E-state index in [1.807, 2.05) is 13.0 Å².